The van der Waals surface area contributed by atoms with Crippen molar-refractivity contribution in [2.45, 2.75) is 71.2 Å². The van der Waals surface area contributed by atoms with Crippen molar-refractivity contribution in [3.05, 3.63) is 35.9 Å². The highest BCUT2D eigenvalue weighted by molar-refractivity contribution is 7.57. The van der Waals surface area contributed by atoms with Crippen molar-refractivity contribution in [1.29, 1.82) is 0 Å². The summed E-state index contributed by atoms with van der Waals surface area (Å²) in [6.07, 6.45) is 4.15. The van der Waals surface area contributed by atoms with Gasteiger partial charge in [0.1, 0.15) is 0 Å². The van der Waals surface area contributed by atoms with Crippen LogP contribution in [0.5, 0.6) is 0 Å². The highest BCUT2D eigenvalue weighted by Gasteiger charge is 2.45. The lowest BCUT2D eigenvalue weighted by molar-refractivity contribution is 0.122. The Morgan fingerprint density at radius 2 is 2.00 bits per heavy atom. The summed E-state index contributed by atoms with van der Waals surface area (Å²) in [5.41, 5.74) is 1.14. The maximum absolute atomic E-state index is 13.9. The average molecular weight is 323 g/mol. The van der Waals surface area contributed by atoms with Gasteiger partial charge >= 0.3 is 0 Å². The van der Waals surface area contributed by atoms with Gasteiger partial charge < -0.3 is 4.52 Å². The Bertz CT molecular complexity index is 503. The zero-order valence-corrected chi connectivity index (χ0v) is 15.3. The van der Waals surface area contributed by atoms with Gasteiger partial charge in [0.2, 0.25) is 0 Å². The fraction of sp³-hybridized carbons (Fsp3) is 0.667. The van der Waals surface area contributed by atoms with Crippen LogP contribution in [0.15, 0.2) is 30.3 Å². The molecule has 1 fully saturated rings. The third-order valence-corrected chi connectivity index (χ3v) is 7.84. The summed E-state index contributed by atoms with van der Waals surface area (Å²) < 4.78 is 22.2. The van der Waals surface area contributed by atoms with E-state index in [1.807, 2.05) is 25.1 Å². The van der Waals surface area contributed by atoms with Crippen molar-refractivity contribution >= 4 is 7.52 Å². The fourth-order valence-electron chi connectivity index (χ4n) is 3.25. The molecule has 1 aliphatic rings. The molecule has 1 aromatic carbocycles. The molecule has 1 saturated heterocycles. The topological polar surface area (TPSA) is 29.5 Å². The summed E-state index contributed by atoms with van der Waals surface area (Å²) in [7, 11) is -2.86. The van der Waals surface area contributed by atoms with Crippen LogP contribution in [0.4, 0.5) is 0 Å². The Morgan fingerprint density at radius 3 is 2.59 bits per heavy atom. The second-order valence-electron chi connectivity index (χ2n) is 6.59. The Hall–Kier alpha value is -0.630. The van der Waals surface area contributed by atoms with E-state index in [0.29, 0.717) is 0 Å². The zero-order chi connectivity index (χ0) is 16.2. The minimum Gasteiger partial charge on any atom is -0.314 e. The SMILES string of the molecule is CCCC[C@H](c1ccccc1)[P@@]1(=O)O[C@@H](C)CCN1C(C)C. The van der Waals surface area contributed by atoms with Gasteiger partial charge in [-0.15, -0.1) is 0 Å². The van der Waals surface area contributed by atoms with Crippen molar-refractivity contribution in [3.63, 3.8) is 0 Å². The summed E-state index contributed by atoms with van der Waals surface area (Å²) in [6, 6.07) is 10.5. The van der Waals surface area contributed by atoms with E-state index in [2.05, 4.69) is 37.6 Å². The summed E-state index contributed by atoms with van der Waals surface area (Å²) in [5, 5.41) is 0. The number of hydrogen-bond acceptors (Lipinski definition) is 2. The second kappa shape index (κ2) is 7.77. The zero-order valence-electron chi connectivity index (χ0n) is 14.4. The molecule has 0 amide bonds. The first-order valence-corrected chi connectivity index (χ1v) is 10.2. The molecular formula is C18H30NO2P. The quantitative estimate of drug-likeness (QED) is 0.635. The molecule has 0 saturated carbocycles. The molecule has 0 bridgehead atoms. The highest BCUT2D eigenvalue weighted by atomic mass is 31.2. The van der Waals surface area contributed by atoms with E-state index in [-0.39, 0.29) is 17.8 Å². The fourth-order valence-corrected chi connectivity index (χ4v) is 6.59. The van der Waals surface area contributed by atoms with Gasteiger partial charge in [-0.2, -0.15) is 0 Å². The molecular weight excluding hydrogens is 293 g/mol. The van der Waals surface area contributed by atoms with Gasteiger partial charge in [0.25, 0.3) is 7.52 Å². The van der Waals surface area contributed by atoms with Crippen molar-refractivity contribution in [3.8, 4) is 0 Å². The van der Waals surface area contributed by atoms with E-state index in [4.69, 9.17) is 4.52 Å². The van der Waals surface area contributed by atoms with Crippen LogP contribution in [0.2, 0.25) is 0 Å². The van der Waals surface area contributed by atoms with Gasteiger partial charge in [0, 0.05) is 12.6 Å². The second-order valence-corrected chi connectivity index (χ2v) is 9.07. The largest absolute Gasteiger partial charge is 0.314 e. The lowest BCUT2D eigenvalue weighted by atomic mass is 10.1. The molecule has 4 heteroatoms. The van der Waals surface area contributed by atoms with E-state index >= 15 is 0 Å². The number of benzene rings is 1. The third kappa shape index (κ3) is 3.82. The average Bonchev–Trinajstić information content (AvgIpc) is 2.48. The smallest absolute Gasteiger partial charge is 0.280 e. The molecule has 0 aliphatic carbocycles. The number of rotatable bonds is 6. The van der Waals surface area contributed by atoms with Gasteiger partial charge in [0.05, 0.1) is 11.8 Å². The Morgan fingerprint density at radius 1 is 1.32 bits per heavy atom. The summed E-state index contributed by atoms with van der Waals surface area (Å²) in [6.45, 7) is 9.34. The molecule has 0 spiro atoms. The molecule has 1 aromatic rings. The van der Waals surface area contributed by atoms with E-state index < -0.39 is 7.52 Å². The van der Waals surface area contributed by atoms with Crippen LogP contribution in [0.3, 0.4) is 0 Å². The molecule has 22 heavy (non-hydrogen) atoms. The van der Waals surface area contributed by atoms with E-state index in [1.165, 1.54) is 0 Å². The Kier molecular flexibility index (Phi) is 6.26. The Balaban J connectivity index is 2.39. The van der Waals surface area contributed by atoms with Gasteiger partial charge in [-0.3, -0.25) is 4.57 Å². The normalized spacial score (nSPS) is 28.0. The van der Waals surface area contributed by atoms with Gasteiger partial charge in [-0.25, -0.2) is 4.67 Å². The number of hydrogen-bond donors (Lipinski definition) is 0. The summed E-state index contributed by atoms with van der Waals surface area (Å²) >= 11 is 0. The first-order chi connectivity index (χ1) is 10.5. The summed E-state index contributed by atoms with van der Waals surface area (Å²) in [5.74, 6) is 0. The predicted octanol–water partition coefficient (Wildman–Crippen LogP) is 5.63. The van der Waals surface area contributed by atoms with Crippen molar-refractivity contribution < 1.29 is 9.09 Å². The van der Waals surface area contributed by atoms with E-state index in [9.17, 15) is 4.57 Å². The van der Waals surface area contributed by atoms with Crippen LogP contribution in [0.25, 0.3) is 0 Å². The molecule has 3 atom stereocenters. The monoisotopic (exact) mass is 323 g/mol. The molecule has 2 rings (SSSR count). The minimum absolute atomic E-state index is 0.0150. The molecule has 0 aromatic heterocycles. The van der Waals surface area contributed by atoms with Crippen molar-refractivity contribution in [2.75, 3.05) is 6.54 Å². The van der Waals surface area contributed by atoms with E-state index in [1.54, 1.807) is 0 Å². The van der Waals surface area contributed by atoms with Crippen molar-refractivity contribution in [1.82, 2.24) is 4.67 Å². The third-order valence-electron chi connectivity index (χ3n) is 4.46. The minimum atomic E-state index is -2.86. The lowest BCUT2D eigenvalue weighted by Gasteiger charge is -2.44. The summed E-state index contributed by atoms with van der Waals surface area (Å²) in [4.78, 5) is 0. The van der Waals surface area contributed by atoms with Gasteiger partial charge in [0.15, 0.2) is 0 Å². The number of unbranched alkanes of at least 4 members (excludes halogenated alkanes) is 1. The maximum atomic E-state index is 13.9. The highest BCUT2D eigenvalue weighted by Crippen LogP contribution is 2.67. The first kappa shape index (κ1) is 17.7. The van der Waals surface area contributed by atoms with Crippen LogP contribution in [0.1, 0.15) is 64.6 Å². The Labute approximate surface area is 135 Å². The molecule has 1 heterocycles. The first-order valence-electron chi connectivity index (χ1n) is 8.59. The molecule has 0 N–H and O–H groups in total. The van der Waals surface area contributed by atoms with E-state index in [0.717, 1.165) is 37.8 Å². The number of nitrogens with zero attached hydrogens (tertiary/aromatic N) is 1. The van der Waals surface area contributed by atoms with Crippen LogP contribution in [-0.2, 0) is 9.09 Å². The van der Waals surface area contributed by atoms with Gasteiger partial charge in [-0.05, 0) is 39.2 Å². The van der Waals surface area contributed by atoms with Crippen LogP contribution >= 0.6 is 7.52 Å². The van der Waals surface area contributed by atoms with Crippen LogP contribution in [0, 0.1) is 0 Å². The molecule has 0 unspecified atom stereocenters. The van der Waals surface area contributed by atoms with Crippen molar-refractivity contribution in [2.24, 2.45) is 0 Å². The molecule has 1 aliphatic heterocycles. The standard InChI is InChI=1S/C18H30NO2P/c1-5-6-12-18(17-10-8-7-9-11-17)22(20)19(15(2)3)14-13-16(4)21-22/h7-11,15-16,18H,5-6,12-14H2,1-4H3/t16-,18+,22+/m0/s1. The van der Waals surface area contributed by atoms with Gasteiger partial charge in [-0.1, -0.05) is 50.1 Å². The maximum Gasteiger partial charge on any atom is 0.280 e. The molecule has 0 radical (unpaired) electrons. The molecule has 3 nitrogen and oxygen atoms in total. The predicted molar refractivity (Wildman–Crippen MR) is 93.3 cm³/mol. The van der Waals surface area contributed by atoms with Crippen LogP contribution < -0.4 is 0 Å². The van der Waals surface area contributed by atoms with Crippen LogP contribution in [-0.4, -0.2) is 23.4 Å². The molecule has 124 valence electrons. The lowest BCUT2D eigenvalue weighted by Crippen LogP contribution is -2.38.